The number of hydrogen-bond donors (Lipinski definition) is 1. The van der Waals surface area contributed by atoms with Crippen LogP contribution >= 0.6 is 0 Å². The van der Waals surface area contributed by atoms with Crippen LogP contribution in [0.2, 0.25) is 0 Å². The first-order valence-electron chi connectivity index (χ1n) is 12.3. The number of halogens is 2. The molecule has 0 bridgehead atoms. The number of benzene rings is 3. The summed E-state index contributed by atoms with van der Waals surface area (Å²) in [5, 5.41) is 2.57. The van der Waals surface area contributed by atoms with Crippen LogP contribution in [0.1, 0.15) is 54.6 Å². The van der Waals surface area contributed by atoms with Crippen LogP contribution in [0.5, 0.6) is 5.75 Å². The molecule has 6 nitrogen and oxygen atoms in total. The highest BCUT2D eigenvalue weighted by Crippen LogP contribution is 2.33. The van der Waals surface area contributed by atoms with Crippen molar-refractivity contribution in [3.63, 3.8) is 0 Å². The molecule has 0 aliphatic heterocycles. The predicted octanol–water partition coefficient (Wildman–Crippen LogP) is 5.81. The molecule has 8 heteroatoms. The lowest BCUT2D eigenvalue weighted by Crippen LogP contribution is -2.39. The molecule has 3 aromatic carbocycles. The number of allylic oxidation sites excluding steroid dienone is 1. The maximum Gasteiger partial charge on any atom is 0.333 e. The van der Waals surface area contributed by atoms with Crippen molar-refractivity contribution in [1.29, 1.82) is 0 Å². The van der Waals surface area contributed by atoms with Crippen molar-refractivity contribution in [2.45, 2.75) is 39.2 Å². The van der Waals surface area contributed by atoms with Crippen LogP contribution in [-0.2, 0) is 14.3 Å². The van der Waals surface area contributed by atoms with Gasteiger partial charge in [-0.05, 0) is 80.1 Å². The van der Waals surface area contributed by atoms with Crippen LogP contribution < -0.4 is 10.1 Å². The number of carbonyl (C=O) groups excluding carboxylic acids is 3. The second kappa shape index (κ2) is 11.8. The third-order valence-electron chi connectivity index (χ3n) is 6.08. The van der Waals surface area contributed by atoms with Gasteiger partial charge < -0.3 is 14.8 Å². The Bertz CT molecular complexity index is 1310. The molecule has 1 aliphatic carbocycles. The van der Waals surface area contributed by atoms with Crippen molar-refractivity contribution in [3.8, 4) is 5.75 Å². The van der Waals surface area contributed by atoms with Gasteiger partial charge >= 0.3 is 11.9 Å². The van der Waals surface area contributed by atoms with Gasteiger partial charge in [0.15, 0.2) is 0 Å². The Kier molecular flexibility index (Phi) is 8.31. The number of para-hydroxylation sites is 1. The largest absolute Gasteiger partial charge is 0.429 e. The average molecular weight is 520 g/mol. The molecule has 3 aromatic rings. The van der Waals surface area contributed by atoms with E-state index >= 15 is 0 Å². The highest BCUT2D eigenvalue weighted by atomic mass is 19.1. The summed E-state index contributed by atoms with van der Waals surface area (Å²) in [7, 11) is 0. The van der Waals surface area contributed by atoms with E-state index in [0.29, 0.717) is 29.0 Å². The zero-order valence-corrected chi connectivity index (χ0v) is 21.0. The molecule has 1 fully saturated rings. The number of esters is 2. The van der Waals surface area contributed by atoms with Gasteiger partial charge in [-0.2, -0.15) is 0 Å². The quantitative estimate of drug-likeness (QED) is 0.219. The Labute approximate surface area is 219 Å². The maximum absolute atomic E-state index is 13.5. The fourth-order valence-corrected chi connectivity index (χ4v) is 3.90. The summed E-state index contributed by atoms with van der Waals surface area (Å²) in [5.41, 5.74) is 1.69. The van der Waals surface area contributed by atoms with Gasteiger partial charge in [-0.3, -0.25) is 9.59 Å². The molecular weight excluding hydrogens is 492 g/mol. The number of ether oxygens (including phenoxy) is 2. The Morgan fingerprint density at radius 2 is 1.45 bits per heavy atom. The van der Waals surface area contributed by atoms with E-state index in [9.17, 15) is 23.2 Å². The molecule has 0 radical (unpaired) electrons. The summed E-state index contributed by atoms with van der Waals surface area (Å²) in [5.74, 6) is -2.00. The molecule has 0 spiro atoms. The molecule has 1 atom stereocenters. The Morgan fingerprint density at radius 1 is 0.895 bits per heavy atom. The van der Waals surface area contributed by atoms with E-state index in [1.165, 1.54) is 67.6 Å². The molecule has 0 unspecified atom stereocenters. The fraction of sp³-hybridized carbons (Fsp3) is 0.233. The minimum atomic E-state index is -1.06. The summed E-state index contributed by atoms with van der Waals surface area (Å²) < 4.78 is 38.0. The average Bonchev–Trinajstić information content (AvgIpc) is 3.70. The monoisotopic (exact) mass is 519 g/mol. The third kappa shape index (κ3) is 6.91. The highest BCUT2D eigenvalue weighted by molar-refractivity contribution is 5.99. The summed E-state index contributed by atoms with van der Waals surface area (Å²) in [4.78, 5) is 38.0. The molecule has 0 aromatic heterocycles. The van der Waals surface area contributed by atoms with E-state index in [1.54, 1.807) is 19.1 Å². The number of nitrogens with one attached hydrogen (secondary N) is 1. The van der Waals surface area contributed by atoms with Crippen LogP contribution in [0.25, 0.3) is 5.57 Å². The molecule has 0 saturated heterocycles. The van der Waals surface area contributed by atoms with Gasteiger partial charge in [-0.1, -0.05) is 36.4 Å². The Hall–Kier alpha value is -4.33. The molecule has 196 valence electrons. The molecule has 38 heavy (non-hydrogen) atoms. The summed E-state index contributed by atoms with van der Waals surface area (Å²) in [6.45, 7) is 3.02. The Morgan fingerprint density at radius 3 is 2.00 bits per heavy atom. The van der Waals surface area contributed by atoms with Gasteiger partial charge in [-0.25, -0.2) is 13.6 Å². The van der Waals surface area contributed by atoms with Crippen LogP contribution in [-0.4, -0.2) is 23.9 Å². The van der Waals surface area contributed by atoms with E-state index in [-0.39, 0.29) is 17.1 Å². The summed E-state index contributed by atoms with van der Waals surface area (Å²) in [6, 6.07) is 16.4. The first-order valence-corrected chi connectivity index (χ1v) is 12.3. The number of amides is 1. The summed E-state index contributed by atoms with van der Waals surface area (Å²) in [6.07, 6.45) is 2.29. The van der Waals surface area contributed by atoms with Crippen molar-refractivity contribution in [1.82, 2.24) is 5.32 Å². The second-order valence-electron chi connectivity index (χ2n) is 9.18. The topological polar surface area (TPSA) is 81.7 Å². The molecule has 1 N–H and O–H groups in total. The standard InChI is InChI=1S/C30H27F2NO5/c1-18(33-29(35)25-5-3-4-6-26(25)38-27(34)17-20-7-8-20)30(36)37-19(2)28(21-9-13-23(31)14-10-21)22-11-15-24(32)16-12-22/h3-6,9-16,18,20H,7-8,17H2,1-2H3,(H,33,35)/t18-/m0/s1. The van der Waals surface area contributed by atoms with Gasteiger partial charge in [-0.15, -0.1) is 0 Å². The van der Waals surface area contributed by atoms with Crippen LogP contribution in [0.3, 0.4) is 0 Å². The van der Waals surface area contributed by atoms with Gasteiger partial charge in [0, 0.05) is 12.0 Å². The first kappa shape index (κ1) is 26.7. The van der Waals surface area contributed by atoms with E-state index in [0.717, 1.165) is 12.8 Å². The molecule has 1 aliphatic rings. The first-order chi connectivity index (χ1) is 18.2. The zero-order valence-electron chi connectivity index (χ0n) is 21.0. The zero-order chi connectivity index (χ0) is 27.2. The lowest BCUT2D eigenvalue weighted by atomic mass is 9.97. The van der Waals surface area contributed by atoms with Gasteiger partial charge in [0.05, 0.1) is 5.56 Å². The second-order valence-corrected chi connectivity index (χ2v) is 9.18. The molecule has 4 rings (SSSR count). The molecular formula is C30H27F2NO5. The van der Waals surface area contributed by atoms with E-state index in [1.807, 2.05) is 0 Å². The fourth-order valence-electron chi connectivity index (χ4n) is 3.90. The number of rotatable bonds is 9. The number of hydrogen-bond acceptors (Lipinski definition) is 5. The molecule has 1 amide bonds. The van der Waals surface area contributed by atoms with Gasteiger partial charge in [0.1, 0.15) is 29.2 Å². The summed E-state index contributed by atoms with van der Waals surface area (Å²) >= 11 is 0. The maximum atomic E-state index is 13.5. The van der Waals surface area contributed by atoms with Crippen molar-refractivity contribution >= 4 is 23.4 Å². The van der Waals surface area contributed by atoms with Crippen molar-refractivity contribution in [3.05, 3.63) is 107 Å². The normalized spacial score (nSPS) is 13.3. The van der Waals surface area contributed by atoms with Gasteiger partial charge in [0.25, 0.3) is 5.91 Å². The minimum absolute atomic E-state index is 0.113. The van der Waals surface area contributed by atoms with E-state index in [4.69, 9.17) is 9.47 Å². The molecule has 1 saturated carbocycles. The number of carbonyl (C=O) groups is 3. The van der Waals surface area contributed by atoms with E-state index in [2.05, 4.69) is 5.32 Å². The van der Waals surface area contributed by atoms with Crippen molar-refractivity contribution < 1.29 is 32.6 Å². The Balaban J connectivity index is 1.49. The lowest BCUT2D eigenvalue weighted by Gasteiger charge is -2.17. The lowest BCUT2D eigenvalue weighted by molar-refractivity contribution is -0.141. The van der Waals surface area contributed by atoms with Crippen LogP contribution in [0.4, 0.5) is 8.78 Å². The van der Waals surface area contributed by atoms with Crippen molar-refractivity contribution in [2.24, 2.45) is 5.92 Å². The minimum Gasteiger partial charge on any atom is -0.429 e. The van der Waals surface area contributed by atoms with Crippen LogP contribution in [0.15, 0.2) is 78.6 Å². The van der Waals surface area contributed by atoms with Gasteiger partial charge in [0.2, 0.25) is 0 Å². The highest BCUT2D eigenvalue weighted by Gasteiger charge is 2.27. The molecule has 0 heterocycles. The smallest absolute Gasteiger partial charge is 0.333 e. The SMILES string of the molecule is CC(OC(=O)[C@H](C)NC(=O)c1ccccc1OC(=O)CC1CC1)=C(c1ccc(F)cc1)c1ccc(F)cc1. The van der Waals surface area contributed by atoms with Crippen molar-refractivity contribution in [2.75, 3.05) is 0 Å². The third-order valence-corrected chi connectivity index (χ3v) is 6.08. The van der Waals surface area contributed by atoms with E-state index < -0.39 is 35.5 Å². The predicted molar refractivity (Wildman–Crippen MR) is 137 cm³/mol. The van der Waals surface area contributed by atoms with Crippen LogP contribution in [0, 0.1) is 17.6 Å².